The molecule has 0 aliphatic carbocycles. The van der Waals surface area contributed by atoms with Crippen molar-refractivity contribution in [3.63, 3.8) is 0 Å². The van der Waals surface area contributed by atoms with Crippen LogP contribution in [0.5, 0.6) is 5.75 Å². The van der Waals surface area contributed by atoms with Crippen LogP contribution in [0.4, 0.5) is 0 Å². The molecule has 0 amide bonds. The van der Waals surface area contributed by atoms with E-state index in [1.54, 1.807) is 6.07 Å². The molecule has 0 radical (unpaired) electrons. The van der Waals surface area contributed by atoms with E-state index in [4.69, 9.17) is 4.74 Å². The highest BCUT2D eigenvalue weighted by Gasteiger charge is 2.16. The molecule has 0 fully saturated rings. The van der Waals surface area contributed by atoms with Crippen molar-refractivity contribution in [3.8, 4) is 5.75 Å². The van der Waals surface area contributed by atoms with Crippen LogP contribution in [0.15, 0.2) is 49.8 Å². The monoisotopic (exact) mass is 462 g/mol. The van der Waals surface area contributed by atoms with Gasteiger partial charge in [-0.05, 0) is 45.8 Å². The van der Waals surface area contributed by atoms with Crippen molar-refractivity contribution in [2.45, 2.75) is 6.61 Å². The van der Waals surface area contributed by atoms with Crippen LogP contribution < -0.4 is 4.74 Å². The van der Waals surface area contributed by atoms with Gasteiger partial charge in [0.15, 0.2) is 0 Å². The number of aromatic carboxylic acids is 1. The molecule has 0 heterocycles. The van der Waals surface area contributed by atoms with Gasteiger partial charge in [0.25, 0.3) is 0 Å². The van der Waals surface area contributed by atoms with E-state index in [0.717, 1.165) is 10.0 Å². The lowest BCUT2D eigenvalue weighted by Gasteiger charge is -2.12. The van der Waals surface area contributed by atoms with Crippen molar-refractivity contribution in [2.75, 3.05) is 0 Å². The van der Waals surface area contributed by atoms with E-state index in [1.807, 2.05) is 24.3 Å². The Bertz CT molecular complexity index is 639. The predicted octanol–water partition coefficient (Wildman–Crippen LogP) is 5.25. The van der Waals surface area contributed by atoms with Gasteiger partial charge in [0, 0.05) is 8.95 Å². The number of carboxylic acids is 1. The smallest absolute Gasteiger partial charge is 0.339 e. The molecule has 2 aromatic rings. The molecule has 20 heavy (non-hydrogen) atoms. The number of hydrogen-bond acceptors (Lipinski definition) is 2. The first kappa shape index (κ1) is 15.5. The number of halogens is 3. The first-order valence-corrected chi connectivity index (χ1v) is 7.95. The van der Waals surface area contributed by atoms with E-state index >= 15 is 0 Å². The van der Waals surface area contributed by atoms with Gasteiger partial charge in [-0.3, -0.25) is 0 Å². The standard InChI is InChI=1S/C14H9Br3O3/c15-9-3-1-8(2-4-9)7-20-13-11(14(18)19)5-10(16)6-12(13)17/h1-6H,7H2,(H,18,19). The van der Waals surface area contributed by atoms with Gasteiger partial charge >= 0.3 is 5.97 Å². The maximum atomic E-state index is 11.3. The van der Waals surface area contributed by atoms with Crippen molar-refractivity contribution in [3.05, 3.63) is 60.9 Å². The fraction of sp³-hybridized carbons (Fsp3) is 0.0714. The zero-order chi connectivity index (χ0) is 14.7. The Labute approximate surface area is 141 Å². The Balaban J connectivity index is 2.24. The molecule has 104 valence electrons. The first-order chi connectivity index (χ1) is 9.47. The molecule has 2 aromatic carbocycles. The van der Waals surface area contributed by atoms with Crippen molar-refractivity contribution in [1.29, 1.82) is 0 Å². The van der Waals surface area contributed by atoms with Crippen molar-refractivity contribution >= 4 is 53.8 Å². The summed E-state index contributed by atoms with van der Waals surface area (Å²) in [5.41, 5.74) is 1.07. The Hall–Kier alpha value is -0.850. The summed E-state index contributed by atoms with van der Waals surface area (Å²) < 4.78 is 7.91. The molecule has 0 aliphatic heterocycles. The second-order valence-corrected chi connectivity index (χ2v) is 6.67. The molecular formula is C14H9Br3O3. The highest BCUT2D eigenvalue weighted by Crippen LogP contribution is 2.33. The number of hydrogen-bond donors (Lipinski definition) is 1. The van der Waals surface area contributed by atoms with E-state index < -0.39 is 5.97 Å². The van der Waals surface area contributed by atoms with Gasteiger partial charge in [-0.25, -0.2) is 4.79 Å². The lowest BCUT2D eigenvalue weighted by atomic mass is 10.2. The van der Waals surface area contributed by atoms with Crippen molar-refractivity contribution in [1.82, 2.24) is 0 Å². The number of benzene rings is 2. The van der Waals surface area contributed by atoms with Gasteiger partial charge in [-0.2, -0.15) is 0 Å². The van der Waals surface area contributed by atoms with E-state index in [2.05, 4.69) is 47.8 Å². The Morgan fingerprint density at radius 1 is 1.05 bits per heavy atom. The minimum absolute atomic E-state index is 0.114. The zero-order valence-electron chi connectivity index (χ0n) is 10.1. The van der Waals surface area contributed by atoms with Crippen LogP contribution in [0.2, 0.25) is 0 Å². The van der Waals surface area contributed by atoms with Gasteiger partial charge in [-0.1, -0.05) is 44.0 Å². The van der Waals surface area contributed by atoms with Gasteiger partial charge in [-0.15, -0.1) is 0 Å². The molecule has 6 heteroatoms. The number of carbonyl (C=O) groups is 1. The molecule has 0 atom stereocenters. The number of carboxylic acid groups (broad SMARTS) is 1. The third-order valence-electron chi connectivity index (χ3n) is 2.54. The molecule has 3 nitrogen and oxygen atoms in total. The fourth-order valence-electron chi connectivity index (χ4n) is 1.60. The summed E-state index contributed by atoms with van der Waals surface area (Å²) in [6, 6.07) is 10.9. The van der Waals surface area contributed by atoms with Crippen molar-refractivity contribution < 1.29 is 14.6 Å². The summed E-state index contributed by atoms with van der Waals surface area (Å²) in [5, 5.41) is 9.22. The topological polar surface area (TPSA) is 46.5 Å². The first-order valence-electron chi connectivity index (χ1n) is 5.57. The predicted molar refractivity (Wildman–Crippen MR) is 87.3 cm³/mol. The Kier molecular flexibility index (Phi) is 5.23. The Morgan fingerprint density at radius 3 is 2.30 bits per heavy atom. The van der Waals surface area contributed by atoms with Crippen LogP contribution in [0.3, 0.4) is 0 Å². The van der Waals surface area contributed by atoms with Crippen LogP contribution in [-0.4, -0.2) is 11.1 Å². The van der Waals surface area contributed by atoms with Crippen LogP contribution in [0, 0.1) is 0 Å². The third-order valence-corrected chi connectivity index (χ3v) is 4.11. The maximum Gasteiger partial charge on any atom is 0.339 e. The second-order valence-electron chi connectivity index (χ2n) is 3.98. The second kappa shape index (κ2) is 6.74. The maximum absolute atomic E-state index is 11.3. The normalized spacial score (nSPS) is 10.3. The third kappa shape index (κ3) is 3.84. The van der Waals surface area contributed by atoms with Crippen LogP contribution in [0.1, 0.15) is 15.9 Å². The minimum atomic E-state index is -1.03. The fourth-order valence-corrected chi connectivity index (χ4v) is 3.21. The highest BCUT2D eigenvalue weighted by molar-refractivity contribution is 9.11. The van der Waals surface area contributed by atoms with E-state index in [1.165, 1.54) is 6.07 Å². The molecule has 0 aromatic heterocycles. The van der Waals surface area contributed by atoms with Crippen molar-refractivity contribution in [2.24, 2.45) is 0 Å². The van der Waals surface area contributed by atoms with Crippen LogP contribution >= 0.6 is 47.8 Å². The molecule has 0 unspecified atom stereocenters. The molecule has 0 aliphatic rings. The van der Waals surface area contributed by atoms with Gasteiger partial charge in [0.2, 0.25) is 0 Å². The number of rotatable bonds is 4. The Morgan fingerprint density at radius 2 is 1.70 bits per heavy atom. The zero-order valence-corrected chi connectivity index (χ0v) is 14.8. The summed E-state index contributed by atoms with van der Waals surface area (Å²) in [7, 11) is 0. The molecule has 0 spiro atoms. The molecule has 0 saturated carbocycles. The molecular weight excluding hydrogens is 456 g/mol. The van der Waals surface area contributed by atoms with E-state index in [-0.39, 0.29) is 5.56 Å². The summed E-state index contributed by atoms with van der Waals surface area (Å²) in [6.45, 7) is 0.299. The van der Waals surface area contributed by atoms with Crippen LogP contribution in [0.25, 0.3) is 0 Å². The average molecular weight is 465 g/mol. The molecule has 0 bridgehead atoms. The van der Waals surface area contributed by atoms with Gasteiger partial charge in [0.1, 0.15) is 17.9 Å². The summed E-state index contributed by atoms with van der Waals surface area (Å²) in [5.74, 6) is -0.707. The lowest BCUT2D eigenvalue weighted by molar-refractivity contribution is 0.0691. The minimum Gasteiger partial charge on any atom is -0.487 e. The summed E-state index contributed by atoms with van der Waals surface area (Å²) in [4.78, 5) is 11.3. The summed E-state index contributed by atoms with van der Waals surface area (Å²) >= 11 is 9.95. The lowest BCUT2D eigenvalue weighted by Crippen LogP contribution is -2.04. The SMILES string of the molecule is O=C(O)c1cc(Br)cc(Br)c1OCc1ccc(Br)cc1. The largest absolute Gasteiger partial charge is 0.487 e. The van der Waals surface area contributed by atoms with Gasteiger partial charge in [0.05, 0.1) is 4.47 Å². The molecule has 0 saturated heterocycles. The summed E-state index contributed by atoms with van der Waals surface area (Å²) in [6.07, 6.45) is 0. The van der Waals surface area contributed by atoms with E-state index in [0.29, 0.717) is 21.3 Å². The van der Waals surface area contributed by atoms with Gasteiger partial charge < -0.3 is 9.84 Å². The van der Waals surface area contributed by atoms with E-state index in [9.17, 15) is 9.90 Å². The molecule has 1 N–H and O–H groups in total. The van der Waals surface area contributed by atoms with Crippen LogP contribution in [-0.2, 0) is 6.61 Å². The average Bonchev–Trinajstić information content (AvgIpc) is 2.38. The molecule has 2 rings (SSSR count). The number of ether oxygens (including phenoxy) is 1. The highest BCUT2D eigenvalue weighted by atomic mass is 79.9. The quantitative estimate of drug-likeness (QED) is 0.672.